The van der Waals surface area contributed by atoms with Crippen molar-refractivity contribution in [2.75, 3.05) is 11.5 Å². The van der Waals surface area contributed by atoms with Crippen LogP contribution >= 0.6 is 15.9 Å². The van der Waals surface area contributed by atoms with Crippen molar-refractivity contribution in [2.24, 2.45) is 7.05 Å². The van der Waals surface area contributed by atoms with Gasteiger partial charge in [-0.25, -0.2) is 9.69 Å². The molecule has 6 rings (SSSR count). The SMILES string of the molecule is CCOC(=O)[C@@H]1c2c(n(C)c3ccccc23)C[C@@H](c2ccc(Br)cc2)[C@@]12C(=O)N(C(=O)OC(C)(C)C)c1ccccc12. The van der Waals surface area contributed by atoms with Gasteiger partial charge in [-0.15, -0.1) is 0 Å². The molecule has 216 valence electrons. The Morgan fingerprint density at radius 1 is 1.00 bits per heavy atom. The molecule has 0 saturated heterocycles. The van der Waals surface area contributed by atoms with E-state index in [1.165, 1.54) is 0 Å². The average Bonchev–Trinajstić information content (AvgIpc) is 3.37. The topological polar surface area (TPSA) is 77.8 Å². The number of esters is 1. The zero-order valence-electron chi connectivity index (χ0n) is 24.3. The number of rotatable bonds is 3. The second-order valence-corrected chi connectivity index (χ2v) is 12.9. The maximum absolute atomic E-state index is 15.2. The maximum Gasteiger partial charge on any atom is 0.421 e. The Morgan fingerprint density at radius 2 is 1.67 bits per heavy atom. The molecule has 2 amide bonds. The number of anilines is 1. The third-order valence-electron chi connectivity index (χ3n) is 8.48. The Bertz CT molecular complexity index is 1740. The molecule has 1 aromatic heterocycles. The molecule has 8 heteroatoms. The van der Waals surface area contributed by atoms with Crippen molar-refractivity contribution in [3.05, 3.63) is 99.7 Å². The highest BCUT2D eigenvalue weighted by Gasteiger charge is 2.67. The highest BCUT2D eigenvalue weighted by Crippen LogP contribution is 2.62. The van der Waals surface area contributed by atoms with Gasteiger partial charge < -0.3 is 14.0 Å². The summed E-state index contributed by atoms with van der Waals surface area (Å²) >= 11 is 3.54. The van der Waals surface area contributed by atoms with Crippen LogP contribution in [0.2, 0.25) is 0 Å². The predicted molar refractivity (Wildman–Crippen MR) is 165 cm³/mol. The number of hydrogen-bond acceptors (Lipinski definition) is 5. The standard InChI is InChI=1S/C34H33BrN2O5/c1-6-41-30(38)29-28-22-11-7-9-13-25(22)36(5)27(28)19-24(20-15-17-21(35)18-16-20)34(29)23-12-8-10-14-26(23)37(31(34)39)32(40)42-33(2,3)4/h7-18,24,29H,6,19H2,1-5H3/t24-,29-,34+/m0/s1. The Hall–Kier alpha value is -3.91. The van der Waals surface area contributed by atoms with Gasteiger partial charge in [-0.1, -0.05) is 64.5 Å². The van der Waals surface area contributed by atoms with E-state index < -0.39 is 40.8 Å². The normalized spacial score (nSPS) is 21.4. The van der Waals surface area contributed by atoms with Crippen LogP contribution in [-0.4, -0.2) is 34.7 Å². The molecule has 1 aliphatic heterocycles. The third kappa shape index (κ3) is 4.10. The summed E-state index contributed by atoms with van der Waals surface area (Å²) in [5, 5.41) is 0.891. The van der Waals surface area contributed by atoms with Crippen LogP contribution in [0.5, 0.6) is 0 Å². The largest absolute Gasteiger partial charge is 0.465 e. The molecule has 0 unspecified atom stereocenters. The van der Waals surface area contributed by atoms with Gasteiger partial charge in [0.15, 0.2) is 0 Å². The number of carbonyl (C=O) groups excluding carboxylic acids is 3. The minimum absolute atomic E-state index is 0.153. The van der Waals surface area contributed by atoms with Crippen LogP contribution < -0.4 is 4.90 Å². The van der Waals surface area contributed by atoms with Crippen LogP contribution in [0, 0.1) is 0 Å². The van der Waals surface area contributed by atoms with Crippen molar-refractivity contribution in [3.63, 3.8) is 0 Å². The first-order valence-electron chi connectivity index (χ1n) is 14.2. The molecule has 3 aromatic carbocycles. The van der Waals surface area contributed by atoms with Crippen LogP contribution in [0.25, 0.3) is 10.9 Å². The number of carbonyl (C=O) groups is 3. The van der Waals surface area contributed by atoms with E-state index in [2.05, 4.69) is 20.5 Å². The van der Waals surface area contributed by atoms with E-state index >= 15 is 4.79 Å². The average molecular weight is 630 g/mol. The number of hydrogen-bond donors (Lipinski definition) is 0. The number of para-hydroxylation sites is 2. The van der Waals surface area contributed by atoms with Crippen LogP contribution in [0.1, 0.15) is 61.9 Å². The number of ether oxygens (including phenoxy) is 2. The first-order chi connectivity index (χ1) is 20.0. The summed E-state index contributed by atoms with van der Waals surface area (Å²) in [5.74, 6) is -2.48. The molecule has 3 atom stereocenters. The fraction of sp³-hybridized carbons (Fsp3) is 0.324. The van der Waals surface area contributed by atoms with E-state index in [-0.39, 0.29) is 6.61 Å². The number of amides is 2. The zero-order valence-corrected chi connectivity index (χ0v) is 25.9. The van der Waals surface area contributed by atoms with Crippen molar-refractivity contribution in [3.8, 4) is 0 Å². The van der Waals surface area contributed by atoms with Gasteiger partial charge in [-0.2, -0.15) is 0 Å². The second kappa shape index (κ2) is 10.1. The molecule has 2 heterocycles. The maximum atomic E-state index is 15.2. The van der Waals surface area contributed by atoms with Gasteiger partial charge in [0, 0.05) is 34.0 Å². The van der Waals surface area contributed by atoms with E-state index in [1.54, 1.807) is 39.8 Å². The molecule has 0 radical (unpaired) electrons. The lowest BCUT2D eigenvalue weighted by atomic mass is 9.54. The molecule has 1 spiro atoms. The Balaban J connectivity index is 1.72. The van der Waals surface area contributed by atoms with Crippen molar-refractivity contribution >= 4 is 50.5 Å². The predicted octanol–water partition coefficient (Wildman–Crippen LogP) is 7.15. The first kappa shape index (κ1) is 28.2. The van der Waals surface area contributed by atoms with E-state index in [4.69, 9.17) is 9.47 Å². The fourth-order valence-electron chi connectivity index (χ4n) is 6.97. The lowest BCUT2D eigenvalue weighted by Crippen LogP contribution is -2.55. The van der Waals surface area contributed by atoms with Crippen LogP contribution in [0.3, 0.4) is 0 Å². The van der Waals surface area contributed by atoms with Crippen LogP contribution in [-0.2, 0) is 37.9 Å². The minimum Gasteiger partial charge on any atom is -0.465 e. The summed E-state index contributed by atoms with van der Waals surface area (Å²) in [7, 11) is 2.00. The highest BCUT2D eigenvalue weighted by molar-refractivity contribution is 9.10. The van der Waals surface area contributed by atoms with Gasteiger partial charge in [0.05, 0.1) is 12.3 Å². The molecular weight excluding hydrogens is 596 g/mol. The molecule has 0 N–H and O–H groups in total. The molecule has 2 aliphatic rings. The number of nitrogens with zero attached hydrogens (tertiary/aromatic N) is 2. The van der Waals surface area contributed by atoms with Crippen molar-refractivity contribution in [1.29, 1.82) is 0 Å². The lowest BCUT2D eigenvalue weighted by molar-refractivity contribution is -0.150. The number of aromatic nitrogens is 1. The monoisotopic (exact) mass is 628 g/mol. The fourth-order valence-corrected chi connectivity index (χ4v) is 7.23. The van der Waals surface area contributed by atoms with Gasteiger partial charge in [0.25, 0.3) is 0 Å². The molecule has 0 saturated carbocycles. The number of benzene rings is 3. The van der Waals surface area contributed by atoms with E-state index in [0.717, 1.165) is 37.1 Å². The Kier molecular flexibility index (Phi) is 6.80. The van der Waals surface area contributed by atoms with Crippen LogP contribution in [0.4, 0.5) is 10.5 Å². The third-order valence-corrected chi connectivity index (χ3v) is 9.01. The van der Waals surface area contributed by atoms with Gasteiger partial charge in [-0.05, 0) is 75.1 Å². The molecule has 0 bridgehead atoms. The molecular formula is C34H33BrN2O5. The summed E-state index contributed by atoms with van der Waals surface area (Å²) in [5.41, 5.74) is 2.34. The molecule has 7 nitrogen and oxygen atoms in total. The van der Waals surface area contributed by atoms with Crippen molar-refractivity contribution in [1.82, 2.24) is 4.57 Å². The summed E-state index contributed by atoms with van der Waals surface area (Å²) in [6.07, 6.45) is -0.294. The number of aryl methyl sites for hydroxylation is 1. The second-order valence-electron chi connectivity index (χ2n) is 11.9. The van der Waals surface area contributed by atoms with Crippen molar-refractivity contribution in [2.45, 2.75) is 57.0 Å². The minimum atomic E-state index is -1.47. The molecule has 42 heavy (non-hydrogen) atoms. The quantitative estimate of drug-likeness (QED) is 0.225. The number of imide groups is 1. The zero-order chi connectivity index (χ0) is 30.0. The Labute approximate surface area is 253 Å². The molecule has 1 aliphatic carbocycles. The molecule has 0 fully saturated rings. The van der Waals surface area contributed by atoms with Gasteiger partial charge in [0.1, 0.15) is 16.9 Å². The van der Waals surface area contributed by atoms with E-state index in [1.807, 2.05) is 67.7 Å². The Morgan fingerprint density at radius 3 is 2.36 bits per heavy atom. The summed E-state index contributed by atoms with van der Waals surface area (Å²) < 4.78 is 14.6. The number of halogens is 1. The van der Waals surface area contributed by atoms with Gasteiger partial charge in [0.2, 0.25) is 5.91 Å². The summed E-state index contributed by atoms with van der Waals surface area (Å²) in [6, 6.07) is 23.0. The smallest absolute Gasteiger partial charge is 0.421 e. The van der Waals surface area contributed by atoms with Crippen molar-refractivity contribution < 1.29 is 23.9 Å². The number of fused-ring (bicyclic) bond motifs is 5. The summed E-state index contributed by atoms with van der Waals surface area (Å²) in [4.78, 5) is 44.4. The van der Waals surface area contributed by atoms with Gasteiger partial charge >= 0.3 is 12.1 Å². The van der Waals surface area contributed by atoms with E-state index in [9.17, 15) is 9.59 Å². The lowest BCUT2D eigenvalue weighted by Gasteiger charge is -2.45. The summed E-state index contributed by atoms with van der Waals surface area (Å²) in [6.45, 7) is 7.22. The highest BCUT2D eigenvalue weighted by atomic mass is 79.9. The van der Waals surface area contributed by atoms with Gasteiger partial charge in [-0.3, -0.25) is 9.59 Å². The first-order valence-corrected chi connectivity index (χ1v) is 14.9. The van der Waals surface area contributed by atoms with Crippen LogP contribution in [0.15, 0.2) is 77.3 Å². The van der Waals surface area contributed by atoms with E-state index in [0.29, 0.717) is 17.7 Å². The molecule has 4 aromatic rings.